The summed E-state index contributed by atoms with van der Waals surface area (Å²) in [5, 5.41) is 0. The zero-order chi connectivity index (χ0) is 16.1. The first-order chi connectivity index (χ1) is 11.3. The summed E-state index contributed by atoms with van der Waals surface area (Å²) in [5.41, 5.74) is 5.56. The van der Waals surface area contributed by atoms with Crippen molar-refractivity contribution in [2.24, 2.45) is 4.99 Å². The lowest BCUT2D eigenvalue weighted by molar-refractivity contribution is 0.112. The van der Waals surface area contributed by atoms with Gasteiger partial charge in [0, 0.05) is 5.56 Å². The van der Waals surface area contributed by atoms with Gasteiger partial charge in [0.2, 0.25) is 6.08 Å². The molecule has 0 saturated heterocycles. The lowest BCUT2D eigenvalue weighted by atomic mass is 9.99. The number of carbonyl (C=O) groups is 1. The highest BCUT2D eigenvalue weighted by Gasteiger charge is 2.01. The van der Waals surface area contributed by atoms with Gasteiger partial charge in [0.25, 0.3) is 0 Å². The van der Waals surface area contributed by atoms with Crippen LogP contribution in [0, 0.1) is 0 Å². The number of aliphatic imine (C=N–C) groups is 1. The van der Waals surface area contributed by atoms with Gasteiger partial charge in [0.1, 0.15) is 6.29 Å². The summed E-state index contributed by atoms with van der Waals surface area (Å²) >= 11 is 0. The molecule has 0 spiro atoms. The molecule has 0 aliphatic heterocycles. The highest BCUT2D eigenvalue weighted by Crippen LogP contribution is 2.26. The molecule has 0 amide bonds. The monoisotopic (exact) mass is 299 g/mol. The van der Waals surface area contributed by atoms with Gasteiger partial charge in [-0.2, -0.15) is 4.99 Å². The summed E-state index contributed by atoms with van der Waals surface area (Å²) in [6.07, 6.45) is 2.37. The lowest BCUT2D eigenvalue weighted by Gasteiger charge is -2.05. The zero-order valence-corrected chi connectivity index (χ0v) is 12.3. The smallest absolute Gasteiger partial charge is 0.240 e. The van der Waals surface area contributed by atoms with Gasteiger partial charge in [-0.05, 0) is 34.4 Å². The predicted octanol–water partition coefficient (Wildman–Crippen LogP) is 4.80. The summed E-state index contributed by atoms with van der Waals surface area (Å²) < 4.78 is 0. The van der Waals surface area contributed by atoms with Crippen LogP contribution in [-0.2, 0) is 4.79 Å². The molecule has 0 aliphatic carbocycles. The van der Waals surface area contributed by atoms with E-state index in [2.05, 4.69) is 4.99 Å². The Hall–Kier alpha value is -3.29. The Kier molecular flexibility index (Phi) is 4.23. The highest BCUT2D eigenvalue weighted by atomic mass is 16.1. The predicted molar refractivity (Wildman–Crippen MR) is 90.5 cm³/mol. The Morgan fingerprint density at radius 1 is 0.652 bits per heavy atom. The fourth-order valence-corrected chi connectivity index (χ4v) is 2.39. The Labute approximate surface area is 133 Å². The average Bonchev–Trinajstić information content (AvgIpc) is 2.63. The second-order valence-electron chi connectivity index (χ2n) is 5.07. The van der Waals surface area contributed by atoms with Crippen molar-refractivity contribution in [2.45, 2.75) is 0 Å². The number of benzene rings is 3. The van der Waals surface area contributed by atoms with E-state index in [1.165, 1.54) is 6.08 Å². The van der Waals surface area contributed by atoms with E-state index in [0.29, 0.717) is 11.3 Å². The molecule has 0 unspecified atom stereocenters. The maximum atomic E-state index is 10.7. The molecule has 3 aromatic rings. The molecule has 0 fully saturated rings. The maximum Gasteiger partial charge on any atom is 0.240 e. The van der Waals surface area contributed by atoms with Crippen LogP contribution >= 0.6 is 0 Å². The molecule has 3 aromatic carbocycles. The van der Waals surface area contributed by atoms with E-state index in [4.69, 9.17) is 0 Å². The second kappa shape index (κ2) is 6.65. The largest absolute Gasteiger partial charge is 0.298 e. The van der Waals surface area contributed by atoms with E-state index in [0.717, 1.165) is 28.5 Å². The van der Waals surface area contributed by atoms with Crippen LogP contribution in [0.15, 0.2) is 77.8 Å². The van der Waals surface area contributed by atoms with Crippen molar-refractivity contribution in [2.75, 3.05) is 0 Å². The third-order valence-electron chi connectivity index (χ3n) is 3.64. The third kappa shape index (κ3) is 3.31. The minimum Gasteiger partial charge on any atom is -0.298 e. The van der Waals surface area contributed by atoms with Crippen LogP contribution in [0.2, 0.25) is 0 Å². The molecule has 0 bridgehead atoms. The van der Waals surface area contributed by atoms with Crippen molar-refractivity contribution in [3.63, 3.8) is 0 Å². The molecule has 3 rings (SSSR count). The number of hydrogen-bond acceptors (Lipinski definition) is 3. The van der Waals surface area contributed by atoms with Crippen LogP contribution in [0.25, 0.3) is 22.3 Å². The van der Waals surface area contributed by atoms with Gasteiger partial charge < -0.3 is 0 Å². The number of nitrogens with zero attached hydrogens (tertiary/aromatic N) is 1. The number of rotatable bonds is 4. The van der Waals surface area contributed by atoms with Crippen LogP contribution in [0.3, 0.4) is 0 Å². The van der Waals surface area contributed by atoms with E-state index >= 15 is 0 Å². The van der Waals surface area contributed by atoms with Crippen molar-refractivity contribution in [1.29, 1.82) is 0 Å². The maximum absolute atomic E-state index is 10.7. The van der Waals surface area contributed by atoms with Crippen molar-refractivity contribution in [3.05, 3.63) is 78.4 Å². The first kappa shape index (κ1) is 14.6. The third-order valence-corrected chi connectivity index (χ3v) is 3.64. The second-order valence-corrected chi connectivity index (χ2v) is 5.07. The van der Waals surface area contributed by atoms with E-state index in [1.807, 2.05) is 60.7 Å². The fourth-order valence-electron chi connectivity index (χ4n) is 2.39. The molecule has 110 valence electrons. The molecule has 0 radical (unpaired) electrons. The minimum absolute atomic E-state index is 0.593. The Balaban J connectivity index is 1.85. The molecule has 0 aromatic heterocycles. The van der Waals surface area contributed by atoms with Crippen molar-refractivity contribution in [3.8, 4) is 22.3 Å². The summed E-state index contributed by atoms with van der Waals surface area (Å²) in [4.78, 5) is 24.5. The first-order valence-electron chi connectivity index (χ1n) is 7.14. The van der Waals surface area contributed by atoms with Crippen LogP contribution in [0.1, 0.15) is 10.4 Å². The Bertz CT molecular complexity index is 857. The number of isocyanates is 1. The standard InChI is InChI=1S/C20H13NO2/c22-13-15-1-3-16(4-2-15)17-5-7-18(8-6-17)19-9-11-20(12-10-19)21-14-23/h1-13H. The number of carbonyl (C=O) groups excluding carboxylic acids is 2. The van der Waals surface area contributed by atoms with Gasteiger partial charge in [0.15, 0.2) is 0 Å². The molecule has 0 N–H and O–H groups in total. The Morgan fingerprint density at radius 2 is 1.04 bits per heavy atom. The fraction of sp³-hybridized carbons (Fsp3) is 0. The van der Waals surface area contributed by atoms with Crippen LogP contribution in [-0.4, -0.2) is 12.4 Å². The molecule has 0 aliphatic rings. The lowest BCUT2D eigenvalue weighted by Crippen LogP contribution is -1.82. The molecule has 3 heteroatoms. The molecule has 3 nitrogen and oxygen atoms in total. The molecular formula is C20H13NO2. The molecule has 0 saturated carbocycles. The first-order valence-corrected chi connectivity index (χ1v) is 7.14. The van der Waals surface area contributed by atoms with Gasteiger partial charge in [-0.1, -0.05) is 60.7 Å². The van der Waals surface area contributed by atoms with E-state index in [1.54, 1.807) is 12.1 Å². The normalized spacial score (nSPS) is 9.91. The summed E-state index contributed by atoms with van der Waals surface area (Å²) in [7, 11) is 0. The van der Waals surface area contributed by atoms with Crippen molar-refractivity contribution in [1.82, 2.24) is 0 Å². The topological polar surface area (TPSA) is 46.5 Å². The number of aldehydes is 1. The molecule has 0 heterocycles. The van der Waals surface area contributed by atoms with Gasteiger partial charge in [-0.3, -0.25) is 4.79 Å². The van der Waals surface area contributed by atoms with E-state index in [9.17, 15) is 9.59 Å². The zero-order valence-electron chi connectivity index (χ0n) is 12.3. The minimum atomic E-state index is 0.593. The summed E-state index contributed by atoms with van der Waals surface area (Å²) in [6, 6.07) is 23.1. The van der Waals surface area contributed by atoms with Gasteiger partial charge in [-0.15, -0.1) is 0 Å². The van der Waals surface area contributed by atoms with E-state index < -0.39 is 0 Å². The number of hydrogen-bond donors (Lipinski definition) is 0. The van der Waals surface area contributed by atoms with Gasteiger partial charge in [-0.25, -0.2) is 4.79 Å². The SMILES string of the molecule is O=C=Nc1ccc(-c2ccc(-c3ccc(C=O)cc3)cc2)cc1. The van der Waals surface area contributed by atoms with Gasteiger partial charge in [0.05, 0.1) is 5.69 Å². The van der Waals surface area contributed by atoms with Gasteiger partial charge >= 0.3 is 0 Å². The van der Waals surface area contributed by atoms with Crippen LogP contribution in [0.5, 0.6) is 0 Å². The Morgan fingerprint density at radius 3 is 1.43 bits per heavy atom. The average molecular weight is 299 g/mol. The summed E-state index contributed by atoms with van der Waals surface area (Å²) in [6.45, 7) is 0. The quantitative estimate of drug-likeness (QED) is 0.394. The molecule has 23 heavy (non-hydrogen) atoms. The van der Waals surface area contributed by atoms with Crippen LogP contribution in [0.4, 0.5) is 5.69 Å². The molecular weight excluding hydrogens is 286 g/mol. The van der Waals surface area contributed by atoms with E-state index in [-0.39, 0.29) is 0 Å². The molecule has 0 atom stereocenters. The van der Waals surface area contributed by atoms with Crippen molar-refractivity contribution < 1.29 is 9.59 Å². The highest BCUT2D eigenvalue weighted by molar-refractivity contribution is 5.77. The summed E-state index contributed by atoms with van der Waals surface area (Å²) in [5.74, 6) is 0. The van der Waals surface area contributed by atoms with Crippen LogP contribution < -0.4 is 0 Å². The van der Waals surface area contributed by atoms with Crippen molar-refractivity contribution >= 4 is 18.1 Å².